The molecule has 2 N–H and O–H groups in total. The van der Waals surface area contributed by atoms with Crippen LogP contribution in [0.1, 0.15) is 26.5 Å². The zero-order valence-corrected chi connectivity index (χ0v) is 11.7. The van der Waals surface area contributed by atoms with Crippen molar-refractivity contribution in [3.05, 3.63) is 47.9 Å². The highest BCUT2D eigenvalue weighted by Gasteiger charge is 2.06. The molecule has 0 unspecified atom stereocenters. The number of rotatable bonds is 4. The van der Waals surface area contributed by atoms with Crippen molar-refractivity contribution in [2.45, 2.75) is 27.3 Å². The molecule has 0 aromatic carbocycles. The molecule has 0 amide bonds. The van der Waals surface area contributed by atoms with Gasteiger partial charge in [-0.25, -0.2) is 4.98 Å². The summed E-state index contributed by atoms with van der Waals surface area (Å²) in [5.41, 5.74) is 7.36. The van der Waals surface area contributed by atoms with Gasteiger partial charge in [-0.3, -0.25) is 0 Å². The zero-order chi connectivity index (χ0) is 14.8. The van der Waals surface area contributed by atoms with E-state index in [-0.39, 0.29) is 5.69 Å². The largest absolute Gasteiger partial charge is 0.383 e. The quantitative estimate of drug-likeness (QED) is 0.663. The van der Waals surface area contributed by atoms with Gasteiger partial charge in [0.2, 0.25) is 0 Å². The summed E-state index contributed by atoms with van der Waals surface area (Å²) in [6.07, 6.45) is 6.89. The highest BCUT2D eigenvalue weighted by Crippen LogP contribution is 2.11. The number of nitrogen functional groups attached to an aromatic ring is 1. The number of imidazole rings is 1. The minimum absolute atomic E-state index is 0.225. The minimum atomic E-state index is 0.225. The van der Waals surface area contributed by atoms with Crippen LogP contribution in [0.25, 0.3) is 0 Å². The van der Waals surface area contributed by atoms with Gasteiger partial charge in [0.15, 0.2) is 5.69 Å². The highest BCUT2D eigenvalue weighted by molar-refractivity contribution is 6.23. The fraction of sp³-hybridized carbons (Fsp3) is 0.286. The molecule has 0 aliphatic rings. The number of nitrogens with zero attached hydrogens (tertiary/aromatic N) is 3. The van der Waals surface area contributed by atoms with Crippen molar-refractivity contribution in [2.75, 3.05) is 5.73 Å². The number of nitriles is 1. The van der Waals surface area contributed by atoms with Crippen molar-refractivity contribution < 1.29 is 0 Å². The Bertz CT molecular complexity index is 518. The third kappa shape index (κ3) is 5.30. The molecule has 0 aliphatic heterocycles. The number of nitrogens with two attached hydrogens (primary N) is 1. The molecular weight excluding hydrogens is 235 g/mol. The van der Waals surface area contributed by atoms with Gasteiger partial charge in [0, 0.05) is 6.54 Å². The van der Waals surface area contributed by atoms with Crippen LogP contribution in [0, 0.1) is 11.3 Å². The van der Waals surface area contributed by atoms with E-state index in [9.17, 15) is 0 Å². The smallest absolute Gasteiger partial charge is 0.182 e. The molecule has 1 heterocycles. The fourth-order valence-corrected chi connectivity index (χ4v) is 1.34. The summed E-state index contributed by atoms with van der Waals surface area (Å²) < 4.78 is 1.65. The van der Waals surface area contributed by atoms with Gasteiger partial charge >= 0.3 is 0 Å². The Morgan fingerprint density at radius 3 is 2.74 bits per heavy atom. The summed E-state index contributed by atoms with van der Waals surface area (Å²) in [5, 5.41) is 8.71. The average Bonchev–Trinajstić information content (AvgIpc) is 2.73. The van der Waals surface area contributed by atoms with Crippen LogP contribution in [0.2, 0.25) is 0 Å². The van der Waals surface area contributed by atoms with Gasteiger partial charge in [-0.15, -0.1) is 0 Å². The van der Waals surface area contributed by atoms with Crippen molar-refractivity contribution in [3.63, 3.8) is 0 Å². The Morgan fingerprint density at radius 1 is 1.63 bits per heavy atom. The maximum absolute atomic E-state index is 8.71. The number of aromatic nitrogens is 2. The van der Waals surface area contributed by atoms with E-state index in [1.165, 1.54) is 6.33 Å². The van der Waals surface area contributed by atoms with E-state index < -0.39 is 0 Å². The summed E-state index contributed by atoms with van der Waals surface area (Å²) in [5.74, 6) is 0.339. The van der Waals surface area contributed by atoms with Crippen molar-refractivity contribution >= 4 is 13.7 Å². The molecule has 98 valence electrons. The average molecular weight is 254 g/mol. The second-order valence-electron chi connectivity index (χ2n) is 3.52. The molecule has 0 aliphatic carbocycles. The Balaban J connectivity index is 0.00000154. The summed E-state index contributed by atoms with van der Waals surface area (Å²) in [6, 6.07) is 1.91. The van der Waals surface area contributed by atoms with Crippen LogP contribution in [-0.4, -0.2) is 17.4 Å². The molecule has 0 saturated carbocycles. The van der Waals surface area contributed by atoms with Crippen molar-refractivity contribution in [1.29, 1.82) is 5.26 Å². The SMILES string of the molecule is CC.[B]C(/C=C\C)=C/C(=C)Cn1cnc(C#N)c1N. The first-order valence-corrected chi connectivity index (χ1v) is 6.06. The van der Waals surface area contributed by atoms with Crippen molar-refractivity contribution in [2.24, 2.45) is 0 Å². The number of allylic oxidation sites excluding steroid dienone is 5. The van der Waals surface area contributed by atoms with E-state index in [2.05, 4.69) is 11.6 Å². The van der Waals surface area contributed by atoms with Gasteiger partial charge < -0.3 is 10.3 Å². The molecule has 2 radical (unpaired) electrons. The zero-order valence-electron chi connectivity index (χ0n) is 11.7. The van der Waals surface area contributed by atoms with Crippen molar-refractivity contribution in [1.82, 2.24) is 9.55 Å². The van der Waals surface area contributed by atoms with Gasteiger partial charge in [-0.2, -0.15) is 5.26 Å². The third-order valence-electron chi connectivity index (χ3n) is 2.09. The first-order chi connectivity index (χ1) is 9.08. The van der Waals surface area contributed by atoms with E-state index in [0.717, 1.165) is 5.57 Å². The first kappa shape index (κ1) is 16.8. The molecule has 5 heteroatoms. The molecule has 1 rings (SSSR count). The molecule has 0 spiro atoms. The van der Waals surface area contributed by atoms with E-state index in [4.69, 9.17) is 18.8 Å². The molecule has 0 fully saturated rings. The van der Waals surface area contributed by atoms with Gasteiger partial charge in [-0.1, -0.05) is 44.1 Å². The number of hydrogen-bond acceptors (Lipinski definition) is 3. The second kappa shape index (κ2) is 8.81. The second-order valence-corrected chi connectivity index (χ2v) is 3.52. The van der Waals surface area contributed by atoms with Crippen LogP contribution in [0.4, 0.5) is 5.82 Å². The Morgan fingerprint density at radius 2 is 2.26 bits per heavy atom. The third-order valence-corrected chi connectivity index (χ3v) is 2.09. The Hall–Kier alpha value is -2.22. The number of anilines is 1. The van der Waals surface area contributed by atoms with Crippen LogP contribution in [-0.2, 0) is 6.54 Å². The predicted molar refractivity (Wildman–Crippen MR) is 80.5 cm³/mol. The first-order valence-electron chi connectivity index (χ1n) is 6.06. The maximum Gasteiger partial charge on any atom is 0.182 e. The molecule has 4 nitrogen and oxygen atoms in total. The highest BCUT2D eigenvalue weighted by atomic mass is 15.1. The van der Waals surface area contributed by atoms with Crippen LogP contribution in [0.5, 0.6) is 0 Å². The van der Waals surface area contributed by atoms with E-state index >= 15 is 0 Å². The van der Waals surface area contributed by atoms with E-state index in [1.807, 2.05) is 32.9 Å². The normalized spacial score (nSPS) is 10.7. The topological polar surface area (TPSA) is 67.6 Å². The molecule has 0 atom stereocenters. The van der Waals surface area contributed by atoms with E-state index in [0.29, 0.717) is 17.8 Å². The molecule has 1 aromatic rings. The lowest BCUT2D eigenvalue weighted by atomic mass is 9.93. The van der Waals surface area contributed by atoms with Crippen LogP contribution in [0.15, 0.2) is 42.2 Å². The lowest BCUT2D eigenvalue weighted by Crippen LogP contribution is -2.03. The summed E-state index contributed by atoms with van der Waals surface area (Å²) in [6.45, 7) is 10.2. The summed E-state index contributed by atoms with van der Waals surface area (Å²) in [4.78, 5) is 3.87. The van der Waals surface area contributed by atoms with Gasteiger partial charge in [-0.05, 0) is 12.5 Å². The Kier molecular flexibility index (Phi) is 7.79. The standard InChI is InChI=1S/C12H13BN4.C2H6/c1-3-4-10(13)5-9(2)7-17-8-16-11(6-14)12(17)15;1-2/h3-5,8H,2,7,15H2,1H3;1-2H3/b4-3-,10-5+;. The molecule has 0 bridgehead atoms. The van der Waals surface area contributed by atoms with Crippen molar-refractivity contribution in [3.8, 4) is 6.07 Å². The van der Waals surface area contributed by atoms with E-state index in [1.54, 1.807) is 16.7 Å². The molecule has 19 heavy (non-hydrogen) atoms. The lowest BCUT2D eigenvalue weighted by molar-refractivity contribution is 0.809. The van der Waals surface area contributed by atoms with Crippen LogP contribution < -0.4 is 5.73 Å². The molecule has 1 aromatic heterocycles. The summed E-state index contributed by atoms with van der Waals surface area (Å²) >= 11 is 0. The minimum Gasteiger partial charge on any atom is -0.383 e. The monoisotopic (exact) mass is 254 g/mol. The van der Waals surface area contributed by atoms with Crippen LogP contribution in [0.3, 0.4) is 0 Å². The number of hydrogen-bond donors (Lipinski definition) is 1. The lowest BCUT2D eigenvalue weighted by Gasteiger charge is -2.05. The molecular formula is C14H19BN4. The summed E-state index contributed by atoms with van der Waals surface area (Å²) in [7, 11) is 5.71. The molecule has 0 saturated heterocycles. The van der Waals surface area contributed by atoms with Gasteiger partial charge in [0.05, 0.1) is 6.33 Å². The van der Waals surface area contributed by atoms with Gasteiger partial charge in [0.25, 0.3) is 0 Å². The van der Waals surface area contributed by atoms with Crippen LogP contribution >= 0.6 is 0 Å². The predicted octanol–water partition coefficient (Wildman–Crippen LogP) is 2.55. The maximum atomic E-state index is 8.71. The fourth-order valence-electron chi connectivity index (χ4n) is 1.34. The Labute approximate surface area is 116 Å². The van der Waals surface area contributed by atoms with Gasteiger partial charge in [0.1, 0.15) is 19.7 Å².